The van der Waals surface area contributed by atoms with Gasteiger partial charge in [0, 0.05) is 48.3 Å². The Balaban J connectivity index is 1.29. The number of nitrogens with zero attached hydrogens (tertiary/aromatic N) is 5. The Labute approximate surface area is 205 Å². The largest absolute Gasteiger partial charge is 0.493 e. The van der Waals surface area contributed by atoms with Gasteiger partial charge in [-0.15, -0.1) is 10.2 Å². The lowest BCUT2D eigenvalue weighted by atomic mass is 9.83. The number of carbonyl (C=O) groups is 1. The van der Waals surface area contributed by atoms with Crippen molar-refractivity contribution in [1.29, 1.82) is 0 Å². The van der Waals surface area contributed by atoms with Gasteiger partial charge in [0.2, 0.25) is 5.88 Å². The average molecular weight is 486 g/mol. The highest BCUT2D eigenvalue weighted by atomic mass is 19.1. The number of piperidine rings is 1. The second kappa shape index (κ2) is 8.83. The summed E-state index contributed by atoms with van der Waals surface area (Å²) < 4.78 is 16.9. The molecule has 2 atom stereocenters. The minimum absolute atomic E-state index is 0.0508. The average Bonchev–Trinajstić information content (AvgIpc) is 3.14. The smallest absolute Gasteiger partial charge is 0.295 e. The number of carbonyl (C=O) groups excluding carboxylic acids is 1. The van der Waals surface area contributed by atoms with E-state index < -0.39 is 11.7 Å². The number of benzene rings is 2. The molecule has 2 aromatic carbocycles. The van der Waals surface area contributed by atoms with Crippen LogP contribution >= 0.6 is 0 Å². The molecule has 1 amide bonds. The number of aromatic hydroxyl groups is 1. The first-order valence-corrected chi connectivity index (χ1v) is 11.9. The number of halogens is 1. The number of amides is 1. The van der Waals surface area contributed by atoms with Crippen molar-refractivity contribution in [2.75, 3.05) is 13.1 Å². The van der Waals surface area contributed by atoms with Crippen LogP contribution < -0.4 is 5.56 Å². The highest BCUT2D eigenvalue weighted by molar-refractivity contribution is 5.97. The second-order valence-corrected chi connectivity index (χ2v) is 9.50. The molecule has 4 heterocycles. The first-order valence-electron chi connectivity index (χ1n) is 11.9. The summed E-state index contributed by atoms with van der Waals surface area (Å²) in [7, 11) is 0. The molecule has 4 aromatic rings. The minimum atomic E-state index is -0.621. The van der Waals surface area contributed by atoms with Gasteiger partial charge in [-0.3, -0.25) is 19.1 Å². The Bertz CT molecular complexity index is 1560. The number of hydrogen-bond donors (Lipinski definition) is 1. The van der Waals surface area contributed by atoms with E-state index in [1.165, 1.54) is 24.3 Å². The van der Waals surface area contributed by atoms with Crippen LogP contribution in [-0.2, 0) is 13.2 Å². The maximum absolute atomic E-state index is 13.2. The van der Waals surface area contributed by atoms with Gasteiger partial charge in [-0.2, -0.15) is 0 Å². The molecule has 36 heavy (non-hydrogen) atoms. The van der Waals surface area contributed by atoms with Crippen molar-refractivity contribution in [2.45, 2.75) is 25.6 Å². The number of aromatic nitrogens is 2. The van der Waals surface area contributed by atoms with Crippen LogP contribution in [0.2, 0.25) is 0 Å². The Morgan fingerprint density at radius 3 is 2.64 bits per heavy atom. The fourth-order valence-corrected chi connectivity index (χ4v) is 5.57. The third-order valence-corrected chi connectivity index (χ3v) is 7.15. The van der Waals surface area contributed by atoms with E-state index in [1.807, 2.05) is 41.0 Å². The Morgan fingerprint density at radius 2 is 1.81 bits per heavy atom. The third-order valence-electron chi connectivity index (χ3n) is 7.15. The molecular formula is C27H24FN5O3. The zero-order valence-corrected chi connectivity index (χ0v) is 19.4. The predicted octanol–water partition coefficient (Wildman–Crippen LogP) is 4.65. The van der Waals surface area contributed by atoms with Crippen molar-refractivity contribution >= 4 is 22.5 Å². The lowest BCUT2D eigenvalue weighted by Crippen LogP contribution is -2.47. The van der Waals surface area contributed by atoms with Crippen LogP contribution in [0.25, 0.3) is 10.9 Å². The summed E-state index contributed by atoms with van der Waals surface area (Å²) >= 11 is 0. The van der Waals surface area contributed by atoms with Crippen LogP contribution in [0, 0.1) is 11.7 Å². The summed E-state index contributed by atoms with van der Waals surface area (Å²) in [4.78, 5) is 27.0. The van der Waals surface area contributed by atoms with E-state index in [9.17, 15) is 19.1 Å². The molecule has 2 aromatic heterocycles. The molecule has 2 unspecified atom stereocenters. The fourth-order valence-electron chi connectivity index (χ4n) is 5.57. The molecule has 9 heteroatoms. The summed E-state index contributed by atoms with van der Waals surface area (Å²) in [5.41, 5.74) is 2.33. The quantitative estimate of drug-likeness (QED) is 0.426. The summed E-state index contributed by atoms with van der Waals surface area (Å²) in [6, 6.07) is 18.0. The van der Waals surface area contributed by atoms with Gasteiger partial charge in [-0.1, -0.05) is 24.3 Å². The topological polar surface area (TPSA) is 92.2 Å². The van der Waals surface area contributed by atoms with Crippen molar-refractivity contribution in [3.05, 3.63) is 94.2 Å². The highest BCUT2D eigenvalue weighted by Crippen LogP contribution is 2.40. The van der Waals surface area contributed by atoms with Gasteiger partial charge in [0.1, 0.15) is 5.82 Å². The number of fused-ring (bicyclic) bond motifs is 5. The van der Waals surface area contributed by atoms with E-state index in [2.05, 4.69) is 15.1 Å². The van der Waals surface area contributed by atoms with Gasteiger partial charge in [0.15, 0.2) is 5.69 Å². The van der Waals surface area contributed by atoms with Crippen molar-refractivity contribution in [3.63, 3.8) is 0 Å². The number of para-hydroxylation sites is 1. The van der Waals surface area contributed by atoms with Gasteiger partial charge in [-0.05, 0) is 48.7 Å². The normalized spacial score (nSPS) is 19.6. The maximum atomic E-state index is 13.2. The zero-order valence-electron chi connectivity index (χ0n) is 19.4. The predicted molar refractivity (Wildman–Crippen MR) is 132 cm³/mol. The molecule has 2 aliphatic heterocycles. The van der Waals surface area contributed by atoms with Gasteiger partial charge >= 0.3 is 0 Å². The van der Waals surface area contributed by atoms with Crippen LogP contribution in [0.5, 0.6) is 5.88 Å². The van der Waals surface area contributed by atoms with E-state index in [0.717, 1.165) is 30.7 Å². The number of likely N-dealkylation sites (tertiary alicyclic amines) is 1. The molecule has 2 aliphatic rings. The molecule has 0 spiro atoms. The molecule has 2 bridgehead atoms. The monoisotopic (exact) mass is 485 g/mol. The molecule has 182 valence electrons. The molecule has 1 fully saturated rings. The minimum Gasteiger partial charge on any atom is -0.493 e. The maximum Gasteiger partial charge on any atom is 0.295 e. The molecule has 1 saturated heterocycles. The van der Waals surface area contributed by atoms with Gasteiger partial charge < -0.3 is 9.67 Å². The highest BCUT2D eigenvalue weighted by Gasteiger charge is 2.35. The molecule has 8 nitrogen and oxygen atoms in total. The Kier molecular flexibility index (Phi) is 5.49. The fraction of sp³-hybridized carbons (Fsp3) is 0.259. The van der Waals surface area contributed by atoms with Gasteiger partial charge in [0.05, 0.1) is 12.2 Å². The lowest BCUT2D eigenvalue weighted by molar-refractivity contribution is 0.0922. The lowest BCUT2D eigenvalue weighted by Gasteiger charge is -2.42. The standard InChI is InChI=1S/C27H24FN5O3/c28-20-10-8-18(9-11-20)26(35)30-29-25-21-4-1-2-5-23(21)33(27(25)36)16-31-13-17-12-19(15-31)22-6-3-7-24(34)32(22)14-17/h1-11,17,19,36H,12-16H2. The number of azo groups is 1. The van der Waals surface area contributed by atoms with E-state index in [0.29, 0.717) is 24.5 Å². The van der Waals surface area contributed by atoms with E-state index in [-0.39, 0.29) is 28.6 Å². The van der Waals surface area contributed by atoms with Crippen molar-refractivity contribution in [1.82, 2.24) is 14.0 Å². The Morgan fingerprint density at radius 1 is 1.00 bits per heavy atom. The van der Waals surface area contributed by atoms with Crippen LogP contribution in [0.15, 0.2) is 81.8 Å². The van der Waals surface area contributed by atoms with Crippen LogP contribution in [0.3, 0.4) is 0 Å². The van der Waals surface area contributed by atoms with E-state index >= 15 is 0 Å². The zero-order chi connectivity index (χ0) is 24.8. The number of rotatable bonds is 4. The summed E-state index contributed by atoms with van der Waals surface area (Å²) in [6.07, 6.45) is 1.04. The summed E-state index contributed by atoms with van der Waals surface area (Å²) in [5.74, 6) is -0.527. The van der Waals surface area contributed by atoms with Crippen molar-refractivity contribution in [3.8, 4) is 5.88 Å². The molecule has 0 saturated carbocycles. The number of hydrogen-bond acceptors (Lipinski definition) is 5. The van der Waals surface area contributed by atoms with Crippen molar-refractivity contribution in [2.24, 2.45) is 16.1 Å². The summed E-state index contributed by atoms with van der Waals surface area (Å²) in [5, 5.41) is 19.7. The SMILES string of the molecule is O=C(N=Nc1c(O)n(CN2CC3CC(C2)c2cccc(=O)n2C3)c2ccccc12)c1ccc(F)cc1. The first kappa shape index (κ1) is 22.4. The van der Waals surface area contributed by atoms with Crippen LogP contribution in [0.4, 0.5) is 10.1 Å². The van der Waals surface area contributed by atoms with Crippen molar-refractivity contribution < 1.29 is 14.3 Å². The van der Waals surface area contributed by atoms with E-state index in [1.54, 1.807) is 10.6 Å². The van der Waals surface area contributed by atoms with Crippen LogP contribution in [0.1, 0.15) is 28.4 Å². The molecular weight excluding hydrogens is 461 g/mol. The van der Waals surface area contributed by atoms with Crippen LogP contribution in [-0.4, -0.2) is 38.1 Å². The summed E-state index contributed by atoms with van der Waals surface area (Å²) in [6.45, 7) is 2.72. The Hall–Kier alpha value is -4.11. The third kappa shape index (κ3) is 3.91. The second-order valence-electron chi connectivity index (χ2n) is 9.50. The van der Waals surface area contributed by atoms with E-state index in [4.69, 9.17) is 0 Å². The van der Waals surface area contributed by atoms with Gasteiger partial charge in [0.25, 0.3) is 11.5 Å². The molecule has 1 N–H and O–H groups in total. The van der Waals surface area contributed by atoms with Gasteiger partial charge in [-0.25, -0.2) is 4.39 Å². The number of pyridine rings is 1. The molecule has 6 rings (SSSR count). The molecule has 0 radical (unpaired) electrons. The molecule has 0 aliphatic carbocycles. The first-order chi connectivity index (χ1) is 17.5.